The van der Waals surface area contributed by atoms with Crippen molar-refractivity contribution in [2.24, 2.45) is 17.8 Å². The van der Waals surface area contributed by atoms with Crippen molar-refractivity contribution in [1.82, 2.24) is 0 Å². The second-order valence-corrected chi connectivity index (χ2v) is 6.15. The van der Waals surface area contributed by atoms with Gasteiger partial charge in [-0.2, -0.15) is 0 Å². The minimum Gasteiger partial charge on any atom is -0.507 e. The summed E-state index contributed by atoms with van der Waals surface area (Å²) in [5, 5.41) is 10.0. The third kappa shape index (κ3) is 1.43. The number of allylic oxidation sites excluding steroid dienone is 1. The summed E-state index contributed by atoms with van der Waals surface area (Å²) in [6.45, 7) is 0. The van der Waals surface area contributed by atoms with Crippen LogP contribution in [0.3, 0.4) is 0 Å². The van der Waals surface area contributed by atoms with Gasteiger partial charge in [0.05, 0.1) is 17.1 Å². The fraction of sp³-hybridized carbons (Fsp3) is 0.412. The Labute approximate surface area is 122 Å². The first-order valence-electron chi connectivity index (χ1n) is 7.24. The van der Waals surface area contributed by atoms with Gasteiger partial charge in [0.25, 0.3) is 0 Å². The summed E-state index contributed by atoms with van der Waals surface area (Å²) in [4.78, 5) is 25.8. The summed E-state index contributed by atoms with van der Waals surface area (Å²) in [5.41, 5.74) is -0.179. The van der Waals surface area contributed by atoms with Gasteiger partial charge in [-0.15, -0.1) is 0 Å². The van der Waals surface area contributed by atoms with Gasteiger partial charge in [-0.25, -0.2) is 0 Å². The number of Topliss-reactive ketones (excluding diaryl/α,β-unsaturated/α-hetero) is 2. The van der Waals surface area contributed by atoms with Gasteiger partial charge in [0.15, 0.2) is 11.6 Å². The lowest BCUT2D eigenvalue weighted by molar-refractivity contribution is -0.0692. The van der Waals surface area contributed by atoms with Gasteiger partial charge in [0.1, 0.15) is 5.75 Å². The number of ether oxygens (including phenoxy) is 1. The number of aromatic hydroxyl groups is 1. The highest BCUT2D eigenvalue weighted by Crippen LogP contribution is 2.54. The maximum atomic E-state index is 12.9. The molecule has 0 aromatic heterocycles. The van der Waals surface area contributed by atoms with E-state index in [4.69, 9.17) is 4.74 Å². The molecule has 4 aliphatic rings. The number of hydrogen-bond donors (Lipinski definition) is 1. The predicted octanol–water partition coefficient (Wildman–Crippen LogP) is 2.37. The molecule has 0 heterocycles. The zero-order chi connectivity index (χ0) is 14.8. The molecule has 0 aliphatic heterocycles. The van der Waals surface area contributed by atoms with E-state index in [9.17, 15) is 14.7 Å². The second-order valence-electron chi connectivity index (χ2n) is 6.15. The lowest BCUT2D eigenvalue weighted by atomic mass is 9.53. The van der Waals surface area contributed by atoms with Gasteiger partial charge < -0.3 is 9.84 Å². The molecular weight excluding hydrogens is 268 g/mol. The summed E-state index contributed by atoms with van der Waals surface area (Å²) in [5.74, 6) is -1.09. The van der Waals surface area contributed by atoms with Crippen LogP contribution in [0.5, 0.6) is 5.75 Å². The molecule has 1 N–H and O–H groups in total. The van der Waals surface area contributed by atoms with Crippen LogP contribution in [0.15, 0.2) is 30.4 Å². The van der Waals surface area contributed by atoms with Crippen molar-refractivity contribution in [2.45, 2.75) is 18.4 Å². The molecule has 5 rings (SSSR count). The number of phenols is 1. The Balaban J connectivity index is 1.96. The Bertz CT molecular complexity index is 690. The van der Waals surface area contributed by atoms with E-state index in [1.54, 1.807) is 19.2 Å². The topological polar surface area (TPSA) is 63.6 Å². The van der Waals surface area contributed by atoms with Crippen molar-refractivity contribution in [3.63, 3.8) is 0 Å². The van der Waals surface area contributed by atoms with Crippen LogP contribution >= 0.6 is 0 Å². The van der Waals surface area contributed by atoms with Gasteiger partial charge in [0.2, 0.25) is 0 Å². The van der Waals surface area contributed by atoms with E-state index < -0.39 is 11.5 Å². The van der Waals surface area contributed by atoms with Crippen molar-refractivity contribution in [3.05, 3.63) is 41.5 Å². The van der Waals surface area contributed by atoms with Crippen LogP contribution in [0.1, 0.15) is 33.6 Å². The van der Waals surface area contributed by atoms with E-state index in [1.807, 2.05) is 12.2 Å². The number of methoxy groups -OCH3 is 1. The molecule has 0 saturated heterocycles. The molecule has 0 amide bonds. The summed E-state index contributed by atoms with van der Waals surface area (Å²) in [7, 11) is 1.59. The van der Waals surface area contributed by atoms with E-state index in [2.05, 4.69) is 0 Å². The maximum absolute atomic E-state index is 12.9. The normalized spacial score (nSPS) is 36.5. The van der Waals surface area contributed by atoms with Crippen molar-refractivity contribution in [1.29, 1.82) is 0 Å². The Kier molecular flexibility index (Phi) is 2.46. The third-order valence-electron chi connectivity index (χ3n) is 5.36. The number of carbonyl (C=O) groups excluding carboxylic acids is 2. The number of hydrogen-bond acceptors (Lipinski definition) is 4. The molecular formula is C17H16O4. The highest BCUT2D eigenvalue weighted by atomic mass is 16.5. The maximum Gasteiger partial charge on any atom is 0.174 e. The molecule has 0 radical (unpaired) electrons. The monoisotopic (exact) mass is 284 g/mol. The lowest BCUT2D eigenvalue weighted by Crippen LogP contribution is -2.58. The number of fused-ring (bicyclic) bond motifs is 2. The Morgan fingerprint density at radius 1 is 1.29 bits per heavy atom. The standard InChI is InChI=1S/C17H16O4/c1-21-17-7-5-9(6-8-17)12-14(17)16(20)13-10(15(12)19)3-2-4-11(13)18/h2-5,7,9,12,14,18H,6,8H2,1H3/t9-,12+,14-,17-/m0/s1. The highest BCUT2D eigenvalue weighted by molar-refractivity contribution is 6.18. The quantitative estimate of drug-likeness (QED) is 0.804. The van der Waals surface area contributed by atoms with Gasteiger partial charge in [-0.3, -0.25) is 9.59 Å². The number of carbonyl (C=O) groups is 2. The molecule has 4 aliphatic carbocycles. The fourth-order valence-corrected chi connectivity index (χ4v) is 4.34. The molecule has 1 aromatic rings. The largest absolute Gasteiger partial charge is 0.507 e. The molecule has 2 bridgehead atoms. The number of ketones is 2. The van der Waals surface area contributed by atoms with Crippen LogP contribution in [0.2, 0.25) is 0 Å². The Morgan fingerprint density at radius 3 is 2.76 bits per heavy atom. The van der Waals surface area contributed by atoms with Gasteiger partial charge in [-0.05, 0) is 24.8 Å². The van der Waals surface area contributed by atoms with E-state index in [0.717, 1.165) is 12.8 Å². The van der Waals surface area contributed by atoms with Crippen LogP contribution in [-0.4, -0.2) is 29.4 Å². The zero-order valence-corrected chi connectivity index (χ0v) is 11.7. The van der Waals surface area contributed by atoms with Crippen molar-refractivity contribution in [2.75, 3.05) is 7.11 Å². The molecule has 4 atom stereocenters. The molecule has 1 saturated carbocycles. The molecule has 4 heteroatoms. The molecule has 21 heavy (non-hydrogen) atoms. The average Bonchev–Trinajstić information content (AvgIpc) is 2.52. The second kappa shape index (κ2) is 4.04. The molecule has 0 unspecified atom stereocenters. The van der Waals surface area contributed by atoms with Crippen LogP contribution in [0.4, 0.5) is 0 Å². The number of benzene rings is 1. The highest BCUT2D eigenvalue weighted by Gasteiger charge is 2.59. The minimum absolute atomic E-state index is 0.0408. The molecule has 1 fully saturated rings. The van der Waals surface area contributed by atoms with Crippen LogP contribution in [-0.2, 0) is 4.74 Å². The zero-order valence-electron chi connectivity index (χ0n) is 11.7. The first-order valence-corrected chi connectivity index (χ1v) is 7.24. The van der Waals surface area contributed by atoms with Crippen molar-refractivity contribution >= 4 is 11.6 Å². The molecule has 0 spiro atoms. The van der Waals surface area contributed by atoms with Crippen molar-refractivity contribution in [3.8, 4) is 5.75 Å². The van der Waals surface area contributed by atoms with Gasteiger partial charge in [-0.1, -0.05) is 24.3 Å². The molecule has 108 valence electrons. The average molecular weight is 284 g/mol. The summed E-state index contributed by atoms with van der Waals surface area (Å²) in [6.07, 6.45) is 5.57. The third-order valence-corrected chi connectivity index (χ3v) is 5.36. The smallest absolute Gasteiger partial charge is 0.174 e. The molecule has 1 aromatic carbocycles. The lowest BCUT2D eigenvalue weighted by Gasteiger charge is -2.52. The van der Waals surface area contributed by atoms with Crippen LogP contribution in [0, 0.1) is 17.8 Å². The fourth-order valence-electron chi connectivity index (χ4n) is 4.34. The number of rotatable bonds is 1. The van der Waals surface area contributed by atoms with E-state index in [-0.39, 0.29) is 34.7 Å². The van der Waals surface area contributed by atoms with Crippen LogP contribution in [0.25, 0.3) is 0 Å². The summed E-state index contributed by atoms with van der Waals surface area (Å²) >= 11 is 0. The van der Waals surface area contributed by atoms with Gasteiger partial charge >= 0.3 is 0 Å². The first-order chi connectivity index (χ1) is 10.1. The van der Waals surface area contributed by atoms with E-state index >= 15 is 0 Å². The predicted molar refractivity (Wildman–Crippen MR) is 75.4 cm³/mol. The summed E-state index contributed by atoms with van der Waals surface area (Å²) < 4.78 is 5.67. The SMILES string of the molecule is CO[C@@]12C=C[C@@H](CC1)[C@H]1C(=O)c3cccc(O)c3C(=O)[C@H]12. The van der Waals surface area contributed by atoms with Crippen LogP contribution < -0.4 is 0 Å². The van der Waals surface area contributed by atoms with Gasteiger partial charge in [0, 0.05) is 18.6 Å². The van der Waals surface area contributed by atoms with E-state index in [1.165, 1.54) is 6.07 Å². The van der Waals surface area contributed by atoms with E-state index in [0.29, 0.717) is 5.56 Å². The van der Waals surface area contributed by atoms with Crippen molar-refractivity contribution < 1.29 is 19.4 Å². The Morgan fingerprint density at radius 2 is 2.10 bits per heavy atom. The number of phenolic OH excluding ortho intramolecular Hbond substituents is 1. The molecule has 4 nitrogen and oxygen atoms in total. The summed E-state index contributed by atoms with van der Waals surface area (Å²) in [6, 6.07) is 4.71. The first kappa shape index (κ1) is 12.8. The Hall–Kier alpha value is -1.94. The minimum atomic E-state index is -0.702.